The number of nitrogens with one attached hydrogen (secondary N) is 1. The van der Waals surface area contributed by atoms with Crippen molar-refractivity contribution in [3.05, 3.63) is 99.5 Å². The van der Waals surface area contributed by atoms with Crippen LogP contribution in [-0.2, 0) is 19.3 Å². The quantitative estimate of drug-likeness (QED) is 0.362. The first kappa shape index (κ1) is 24.5. The first-order valence-corrected chi connectivity index (χ1v) is 12.9. The first-order chi connectivity index (χ1) is 18.0. The van der Waals surface area contributed by atoms with Crippen LogP contribution in [0.3, 0.4) is 0 Å². The normalized spacial score (nSPS) is 13.6. The number of carbonyl (C=O) groups is 1. The number of rotatable bonds is 9. The van der Waals surface area contributed by atoms with E-state index < -0.39 is 11.5 Å². The minimum atomic E-state index is -0.486. The molecule has 1 aliphatic carbocycles. The second-order valence-electron chi connectivity index (χ2n) is 9.11. The van der Waals surface area contributed by atoms with Crippen LogP contribution in [0.4, 0.5) is 0 Å². The van der Waals surface area contributed by atoms with Gasteiger partial charge in [-0.15, -0.1) is 16.9 Å². The highest BCUT2D eigenvalue weighted by molar-refractivity contribution is 8.00. The third-order valence-corrected chi connectivity index (χ3v) is 8.06. The van der Waals surface area contributed by atoms with E-state index in [4.69, 9.17) is 10.00 Å². The Balaban J connectivity index is 1.30. The van der Waals surface area contributed by atoms with Crippen molar-refractivity contribution in [2.24, 2.45) is 7.05 Å². The number of benzene rings is 2. The number of nitrogens with zero attached hydrogens (tertiary/aromatic N) is 4. The number of fused-ring (bicyclic) bond motifs is 1. The van der Waals surface area contributed by atoms with Gasteiger partial charge < -0.3 is 14.6 Å². The van der Waals surface area contributed by atoms with Crippen molar-refractivity contribution in [2.75, 3.05) is 6.61 Å². The third-order valence-electron chi connectivity index (χ3n) is 6.44. The topological polar surface area (TPSA) is 110 Å². The minimum absolute atomic E-state index is 0.0136. The highest BCUT2D eigenvalue weighted by atomic mass is 32.2. The molecule has 1 fully saturated rings. The average Bonchev–Trinajstić information content (AvgIpc) is 3.72. The zero-order valence-electron chi connectivity index (χ0n) is 20.3. The summed E-state index contributed by atoms with van der Waals surface area (Å²) in [6.45, 7) is 0.705. The number of hydrogen-bond acceptors (Lipinski definition) is 7. The molecular formula is C28H25N5O3S. The summed E-state index contributed by atoms with van der Waals surface area (Å²) in [4.78, 5) is 26.0. The third kappa shape index (κ3) is 5.49. The Morgan fingerprint density at radius 2 is 1.92 bits per heavy atom. The Morgan fingerprint density at radius 3 is 2.62 bits per heavy atom. The summed E-state index contributed by atoms with van der Waals surface area (Å²) in [7, 11) is 1.60. The molecule has 0 saturated heterocycles. The lowest BCUT2D eigenvalue weighted by atomic mass is 10.1. The Kier molecular flexibility index (Phi) is 6.93. The highest BCUT2D eigenvalue weighted by Gasteiger charge is 2.44. The first-order valence-electron chi connectivity index (χ1n) is 11.9. The zero-order chi connectivity index (χ0) is 25.8. The molecule has 4 aromatic rings. The number of aryl methyl sites for hydroxylation is 1. The van der Waals surface area contributed by atoms with Crippen molar-refractivity contribution in [1.29, 1.82) is 5.26 Å². The molecule has 1 saturated carbocycles. The van der Waals surface area contributed by atoms with Gasteiger partial charge in [-0.3, -0.25) is 9.59 Å². The molecule has 1 N–H and O–H groups in total. The maximum absolute atomic E-state index is 13.1. The Bertz CT molecular complexity index is 1540. The van der Waals surface area contributed by atoms with E-state index in [2.05, 4.69) is 33.7 Å². The zero-order valence-corrected chi connectivity index (χ0v) is 21.1. The lowest BCUT2D eigenvalue weighted by molar-refractivity contribution is 0.0949. The van der Waals surface area contributed by atoms with Crippen molar-refractivity contribution < 1.29 is 9.53 Å². The molecule has 2 aromatic carbocycles. The molecule has 186 valence electrons. The number of aromatic nitrogens is 3. The Labute approximate surface area is 218 Å². The van der Waals surface area contributed by atoms with Crippen molar-refractivity contribution >= 4 is 28.6 Å². The molecule has 0 spiro atoms. The van der Waals surface area contributed by atoms with Gasteiger partial charge in [-0.05, 0) is 42.2 Å². The fourth-order valence-electron chi connectivity index (χ4n) is 4.03. The number of amides is 1. The molecule has 0 unspecified atom stereocenters. The fourth-order valence-corrected chi connectivity index (χ4v) is 5.23. The van der Waals surface area contributed by atoms with Gasteiger partial charge in [0.25, 0.3) is 17.3 Å². The van der Waals surface area contributed by atoms with Gasteiger partial charge in [0.2, 0.25) is 0 Å². The van der Waals surface area contributed by atoms with E-state index in [1.807, 2.05) is 30.0 Å². The molecule has 8 nitrogen and oxygen atoms in total. The van der Waals surface area contributed by atoms with Gasteiger partial charge in [-0.1, -0.05) is 42.5 Å². The monoisotopic (exact) mass is 511 g/mol. The maximum atomic E-state index is 13.1. The highest BCUT2D eigenvalue weighted by Crippen LogP contribution is 2.50. The summed E-state index contributed by atoms with van der Waals surface area (Å²) in [6.07, 6.45) is 3.65. The van der Waals surface area contributed by atoms with E-state index in [0.29, 0.717) is 23.1 Å². The van der Waals surface area contributed by atoms with Crippen molar-refractivity contribution in [1.82, 2.24) is 20.1 Å². The maximum Gasteiger partial charge on any atom is 0.263 e. The van der Waals surface area contributed by atoms with Crippen LogP contribution in [0.15, 0.2) is 71.7 Å². The predicted molar refractivity (Wildman–Crippen MR) is 142 cm³/mol. The molecule has 9 heteroatoms. The van der Waals surface area contributed by atoms with Gasteiger partial charge >= 0.3 is 0 Å². The van der Waals surface area contributed by atoms with Crippen LogP contribution in [0.25, 0.3) is 10.9 Å². The number of nitriles is 1. The molecule has 0 aliphatic heterocycles. The summed E-state index contributed by atoms with van der Waals surface area (Å²) in [6, 6.07) is 20.8. The summed E-state index contributed by atoms with van der Waals surface area (Å²) in [5.74, 6) is 0.707. The van der Waals surface area contributed by atoms with Crippen LogP contribution in [0.1, 0.15) is 39.9 Å². The van der Waals surface area contributed by atoms with Crippen molar-refractivity contribution in [3.63, 3.8) is 0 Å². The second kappa shape index (κ2) is 10.4. The summed E-state index contributed by atoms with van der Waals surface area (Å²) >= 11 is 1.88. The predicted octanol–water partition coefficient (Wildman–Crippen LogP) is 3.97. The number of thioether (sulfide) groups is 1. The lowest BCUT2D eigenvalue weighted by Gasteiger charge is -2.17. The number of hydrogen-bond donors (Lipinski definition) is 1. The molecule has 2 heterocycles. The standard InChI is InChI=1S/C28H25N5O3S/c1-33-24-22(13-23(27(33)35)25(34)30-15-20-9-7-19(14-29)8-10-20)16-31-32-26(24)36-18-28(11-12-28)37-17-21-5-3-2-4-6-21/h2-10,13,16H,11-12,15,17-18H2,1H3,(H,30,34). The van der Waals surface area contributed by atoms with Crippen LogP contribution in [-0.4, -0.2) is 32.0 Å². The molecule has 2 aromatic heterocycles. The van der Waals surface area contributed by atoms with Gasteiger partial charge in [0.1, 0.15) is 17.7 Å². The number of pyridine rings is 1. The van der Waals surface area contributed by atoms with E-state index in [1.54, 1.807) is 31.3 Å². The summed E-state index contributed by atoms with van der Waals surface area (Å²) in [5.41, 5.74) is 2.72. The molecule has 37 heavy (non-hydrogen) atoms. The van der Waals surface area contributed by atoms with Gasteiger partial charge in [0.15, 0.2) is 0 Å². The molecule has 0 bridgehead atoms. The van der Waals surface area contributed by atoms with Gasteiger partial charge in [-0.25, -0.2) is 0 Å². The molecule has 1 aliphatic rings. The van der Waals surface area contributed by atoms with Crippen LogP contribution < -0.4 is 15.6 Å². The fraction of sp³-hybridized carbons (Fsp3) is 0.250. The minimum Gasteiger partial charge on any atom is -0.474 e. The SMILES string of the molecule is Cn1c(=O)c(C(=O)NCc2ccc(C#N)cc2)cc2cnnc(OCC3(SCc4ccccc4)CC3)c21. The van der Waals surface area contributed by atoms with Crippen molar-refractivity contribution in [2.45, 2.75) is 29.9 Å². The second-order valence-corrected chi connectivity index (χ2v) is 10.6. The van der Waals surface area contributed by atoms with Gasteiger partial charge in [-0.2, -0.15) is 10.4 Å². The van der Waals surface area contributed by atoms with Crippen molar-refractivity contribution in [3.8, 4) is 11.9 Å². The lowest BCUT2D eigenvalue weighted by Crippen LogP contribution is -2.32. The molecule has 0 atom stereocenters. The van der Waals surface area contributed by atoms with E-state index in [9.17, 15) is 9.59 Å². The van der Waals surface area contributed by atoms with E-state index >= 15 is 0 Å². The molecule has 5 rings (SSSR count). The number of carbonyl (C=O) groups excluding carboxylic acids is 1. The van der Waals surface area contributed by atoms with Crippen LogP contribution in [0.2, 0.25) is 0 Å². The molecule has 1 amide bonds. The van der Waals surface area contributed by atoms with Crippen LogP contribution in [0, 0.1) is 11.3 Å². The number of ether oxygens (including phenoxy) is 1. The Hall–Kier alpha value is -4.16. The van der Waals surface area contributed by atoms with Gasteiger partial charge in [0.05, 0.1) is 22.6 Å². The Morgan fingerprint density at radius 1 is 1.16 bits per heavy atom. The van der Waals surface area contributed by atoms with E-state index in [1.165, 1.54) is 22.4 Å². The van der Waals surface area contributed by atoms with Crippen LogP contribution >= 0.6 is 11.8 Å². The van der Waals surface area contributed by atoms with Crippen LogP contribution in [0.5, 0.6) is 5.88 Å². The molecule has 0 radical (unpaired) electrons. The average molecular weight is 512 g/mol. The largest absolute Gasteiger partial charge is 0.474 e. The molecular weight excluding hydrogens is 486 g/mol. The van der Waals surface area contributed by atoms with E-state index in [0.717, 1.165) is 24.2 Å². The summed E-state index contributed by atoms with van der Waals surface area (Å²) in [5, 5.41) is 20.5. The summed E-state index contributed by atoms with van der Waals surface area (Å²) < 4.78 is 7.54. The van der Waals surface area contributed by atoms with Gasteiger partial charge in [0, 0.05) is 24.7 Å². The van der Waals surface area contributed by atoms with E-state index in [-0.39, 0.29) is 22.7 Å². The smallest absolute Gasteiger partial charge is 0.263 e.